The van der Waals surface area contributed by atoms with Crippen LogP contribution in [0.5, 0.6) is 5.75 Å². The normalized spacial score (nSPS) is 14.9. The minimum atomic E-state index is 0.0569. The Balaban J connectivity index is 1.68. The van der Waals surface area contributed by atoms with Crippen molar-refractivity contribution in [2.75, 3.05) is 13.1 Å². The molecule has 3 aromatic rings. The molecule has 1 aromatic heterocycles. The summed E-state index contributed by atoms with van der Waals surface area (Å²) in [5.74, 6) is 1.42. The average Bonchev–Trinajstić information content (AvgIpc) is 2.91. The van der Waals surface area contributed by atoms with E-state index in [1.807, 2.05) is 55.1 Å². The number of carbonyl (C=O) groups excluding carboxylic acids is 1. The summed E-state index contributed by atoms with van der Waals surface area (Å²) in [5, 5.41) is 6.10. The van der Waals surface area contributed by atoms with Gasteiger partial charge in [0, 0.05) is 13.1 Å². The zero-order chi connectivity index (χ0) is 19.5. The second-order valence-corrected chi connectivity index (χ2v) is 7.49. The summed E-state index contributed by atoms with van der Waals surface area (Å²) in [4.78, 5) is 15.3. The maximum absolute atomic E-state index is 13.3. The lowest BCUT2D eigenvalue weighted by Crippen LogP contribution is -2.32. The smallest absolute Gasteiger partial charge is 0.257 e. The van der Waals surface area contributed by atoms with Gasteiger partial charge in [0.25, 0.3) is 5.91 Å². The lowest BCUT2D eigenvalue weighted by Gasteiger charge is -2.22. The van der Waals surface area contributed by atoms with Crippen molar-refractivity contribution in [3.05, 3.63) is 59.0 Å². The molecule has 4 rings (SSSR count). The fraction of sp³-hybridized carbons (Fsp3) is 0.391. The van der Waals surface area contributed by atoms with Crippen molar-refractivity contribution in [3.8, 4) is 5.75 Å². The van der Waals surface area contributed by atoms with Gasteiger partial charge in [0.1, 0.15) is 18.1 Å². The first-order valence-electron chi connectivity index (χ1n) is 10.00. The van der Waals surface area contributed by atoms with Gasteiger partial charge in [-0.15, -0.1) is 0 Å². The van der Waals surface area contributed by atoms with E-state index in [0.29, 0.717) is 17.9 Å². The SMILES string of the molecule is Cc1noc(C)c1COc1cc2ccccc2cc1C(=O)N1CCCCCC1. The van der Waals surface area contributed by atoms with E-state index in [2.05, 4.69) is 5.16 Å². The summed E-state index contributed by atoms with van der Waals surface area (Å²) in [6.45, 7) is 5.74. The van der Waals surface area contributed by atoms with Crippen molar-refractivity contribution >= 4 is 16.7 Å². The van der Waals surface area contributed by atoms with Gasteiger partial charge in [-0.1, -0.05) is 42.3 Å². The molecular weight excluding hydrogens is 352 g/mol. The molecule has 0 aliphatic carbocycles. The van der Waals surface area contributed by atoms with E-state index in [4.69, 9.17) is 9.26 Å². The number of amides is 1. The molecule has 1 fully saturated rings. The molecule has 1 aliphatic rings. The molecule has 0 radical (unpaired) electrons. The van der Waals surface area contributed by atoms with E-state index in [1.54, 1.807) is 0 Å². The van der Waals surface area contributed by atoms with Crippen LogP contribution in [-0.4, -0.2) is 29.1 Å². The highest BCUT2D eigenvalue weighted by Crippen LogP contribution is 2.29. The van der Waals surface area contributed by atoms with Crippen molar-refractivity contribution in [2.45, 2.75) is 46.1 Å². The van der Waals surface area contributed by atoms with Gasteiger partial charge in [0.2, 0.25) is 0 Å². The number of fused-ring (bicyclic) bond motifs is 1. The standard InChI is InChI=1S/C23H26N2O3/c1-16-21(17(2)28-24-16)15-27-22-14-19-10-6-5-9-18(19)13-20(22)23(26)25-11-7-3-4-8-12-25/h5-6,9-10,13-14H,3-4,7-8,11-12,15H2,1-2H3. The van der Waals surface area contributed by atoms with Crippen molar-refractivity contribution in [3.63, 3.8) is 0 Å². The Bertz CT molecular complexity index is 965. The monoisotopic (exact) mass is 378 g/mol. The number of aryl methyl sites for hydroxylation is 2. The first kappa shape index (κ1) is 18.5. The van der Waals surface area contributed by atoms with E-state index < -0.39 is 0 Å². The van der Waals surface area contributed by atoms with E-state index in [1.165, 1.54) is 12.8 Å². The second kappa shape index (κ2) is 8.05. The molecule has 0 saturated carbocycles. The molecule has 28 heavy (non-hydrogen) atoms. The Morgan fingerprint density at radius 3 is 2.39 bits per heavy atom. The van der Waals surface area contributed by atoms with E-state index in [9.17, 15) is 4.79 Å². The molecular formula is C23H26N2O3. The van der Waals surface area contributed by atoms with Crippen LogP contribution >= 0.6 is 0 Å². The third kappa shape index (κ3) is 3.75. The second-order valence-electron chi connectivity index (χ2n) is 7.49. The fourth-order valence-electron chi connectivity index (χ4n) is 3.81. The lowest BCUT2D eigenvalue weighted by molar-refractivity contribution is 0.0757. The molecule has 5 heteroatoms. The minimum absolute atomic E-state index is 0.0569. The molecule has 1 saturated heterocycles. The Morgan fingerprint density at radius 1 is 1.07 bits per heavy atom. The zero-order valence-electron chi connectivity index (χ0n) is 16.5. The zero-order valence-corrected chi connectivity index (χ0v) is 16.5. The maximum Gasteiger partial charge on any atom is 0.257 e. The Morgan fingerprint density at radius 2 is 1.75 bits per heavy atom. The van der Waals surface area contributed by atoms with E-state index in [-0.39, 0.29) is 5.91 Å². The quantitative estimate of drug-likeness (QED) is 0.638. The molecule has 0 spiro atoms. The van der Waals surface area contributed by atoms with E-state index >= 15 is 0 Å². The van der Waals surface area contributed by atoms with E-state index in [0.717, 1.165) is 53.7 Å². The Kier molecular flexibility index (Phi) is 5.33. The predicted octanol–water partition coefficient (Wildman–Crippen LogP) is 5.04. The first-order chi connectivity index (χ1) is 13.6. The van der Waals surface area contributed by atoms with Gasteiger partial charge in [0.15, 0.2) is 0 Å². The minimum Gasteiger partial charge on any atom is -0.488 e. The van der Waals surface area contributed by atoms with Gasteiger partial charge in [-0.25, -0.2) is 0 Å². The topological polar surface area (TPSA) is 55.6 Å². The van der Waals surface area contributed by atoms with Crippen molar-refractivity contribution in [2.24, 2.45) is 0 Å². The summed E-state index contributed by atoms with van der Waals surface area (Å²) in [6.07, 6.45) is 4.51. The number of rotatable bonds is 4. The van der Waals surface area contributed by atoms with Crippen LogP contribution in [0.15, 0.2) is 40.9 Å². The average molecular weight is 378 g/mol. The number of likely N-dealkylation sites (tertiary alicyclic amines) is 1. The molecule has 146 valence electrons. The van der Waals surface area contributed by atoms with Gasteiger partial charge in [-0.3, -0.25) is 4.79 Å². The molecule has 0 unspecified atom stereocenters. The number of carbonyl (C=O) groups is 1. The maximum atomic E-state index is 13.3. The van der Waals surface area contributed by atoms with Gasteiger partial charge in [0.05, 0.1) is 16.8 Å². The highest BCUT2D eigenvalue weighted by Gasteiger charge is 2.22. The number of nitrogens with zero attached hydrogens (tertiary/aromatic N) is 2. The van der Waals surface area contributed by atoms with Crippen LogP contribution < -0.4 is 4.74 Å². The van der Waals surface area contributed by atoms with Gasteiger partial charge in [-0.05, 0) is 49.6 Å². The summed E-state index contributed by atoms with van der Waals surface area (Å²) in [5.41, 5.74) is 2.38. The molecule has 1 aliphatic heterocycles. The first-order valence-corrected chi connectivity index (χ1v) is 10.00. The van der Waals surface area contributed by atoms with Crippen LogP contribution in [0.1, 0.15) is 53.1 Å². The predicted molar refractivity (Wildman–Crippen MR) is 109 cm³/mol. The number of hydrogen-bond donors (Lipinski definition) is 0. The molecule has 0 N–H and O–H groups in total. The van der Waals surface area contributed by atoms with Gasteiger partial charge >= 0.3 is 0 Å². The largest absolute Gasteiger partial charge is 0.488 e. The van der Waals surface area contributed by atoms with Crippen LogP contribution in [0.4, 0.5) is 0 Å². The van der Waals surface area contributed by atoms with Gasteiger partial charge in [-0.2, -0.15) is 0 Å². The third-order valence-corrected chi connectivity index (χ3v) is 5.52. The van der Waals surface area contributed by atoms with Crippen molar-refractivity contribution in [1.82, 2.24) is 10.1 Å². The van der Waals surface area contributed by atoms with Crippen molar-refractivity contribution < 1.29 is 14.1 Å². The van der Waals surface area contributed by atoms with Crippen LogP contribution in [-0.2, 0) is 6.61 Å². The summed E-state index contributed by atoms with van der Waals surface area (Å²) in [7, 11) is 0. The molecule has 2 aromatic carbocycles. The highest BCUT2D eigenvalue weighted by molar-refractivity contribution is 6.01. The van der Waals surface area contributed by atoms with Crippen LogP contribution in [0.25, 0.3) is 10.8 Å². The summed E-state index contributed by atoms with van der Waals surface area (Å²) < 4.78 is 11.4. The Labute approximate surface area is 165 Å². The molecule has 5 nitrogen and oxygen atoms in total. The lowest BCUT2D eigenvalue weighted by atomic mass is 10.0. The summed E-state index contributed by atoms with van der Waals surface area (Å²) >= 11 is 0. The molecule has 1 amide bonds. The highest BCUT2D eigenvalue weighted by atomic mass is 16.5. The molecule has 0 atom stereocenters. The molecule has 0 bridgehead atoms. The van der Waals surface area contributed by atoms with Crippen LogP contribution in [0.2, 0.25) is 0 Å². The number of ether oxygens (including phenoxy) is 1. The van der Waals surface area contributed by atoms with Crippen LogP contribution in [0, 0.1) is 13.8 Å². The number of hydrogen-bond acceptors (Lipinski definition) is 4. The number of aromatic nitrogens is 1. The third-order valence-electron chi connectivity index (χ3n) is 5.52. The van der Waals surface area contributed by atoms with Gasteiger partial charge < -0.3 is 14.2 Å². The fourth-order valence-corrected chi connectivity index (χ4v) is 3.81. The number of benzene rings is 2. The molecule has 2 heterocycles. The Hall–Kier alpha value is -2.82. The van der Waals surface area contributed by atoms with Crippen molar-refractivity contribution in [1.29, 1.82) is 0 Å². The van der Waals surface area contributed by atoms with Crippen LogP contribution in [0.3, 0.4) is 0 Å². The summed E-state index contributed by atoms with van der Waals surface area (Å²) in [6, 6.07) is 12.0.